The van der Waals surface area contributed by atoms with Gasteiger partial charge in [-0.05, 0) is 48.5 Å². The summed E-state index contributed by atoms with van der Waals surface area (Å²) in [5.74, 6) is 0.314. The van der Waals surface area contributed by atoms with E-state index in [9.17, 15) is 14.7 Å². The Morgan fingerprint density at radius 2 is 1.90 bits per heavy atom. The van der Waals surface area contributed by atoms with Gasteiger partial charge in [0.2, 0.25) is 5.95 Å². The molecule has 0 saturated carbocycles. The summed E-state index contributed by atoms with van der Waals surface area (Å²) in [5.41, 5.74) is 3.07. The van der Waals surface area contributed by atoms with Crippen LogP contribution in [0.3, 0.4) is 0 Å². The normalized spacial score (nSPS) is 11.9. The summed E-state index contributed by atoms with van der Waals surface area (Å²) in [7, 11) is 1.70. The molecule has 2 aromatic carbocycles. The van der Waals surface area contributed by atoms with E-state index in [2.05, 4.69) is 15.3 Å². The smallest absolute Gasteiger partial charge is 0.268 e. The third-order valence-corrected chi connectivity index (χ3v) is 7.70. The molecule has 11 heteroatoms. The van der Waals surface area contributed by atoms with Crippen molar-refractivity contribution in [2.45, 2.75) is 12.6 Å². The summed E-state index contributed by atoms with van der Waals surface area (Å²) in [4.78, 5) is 41.8. The number of rotatable bonds is 8. The van der Waals surface area contributed by atoms with Crippen LogP contribution in [0.5, 0.6) is 0 Å². The van der Waals surface area contributed by atoms with Gasteiger partial charge in [0.05, 0.1) is 39.6 Å². The number of pyridine rings is 1. The molecule has 6 rings (SSSR count). The first-order chi connectivity index (χ1) is 20.0. The van der Waals surface area contributed by atoms with E-state index < -0.39 is 6.10 Å². The van der Waals surface area contributed by atoms with Gasteiger partial charge in [-0.25, -0.2) is 9.97 Å². The molecule has 0 radical (unpaired) electrons. The summed E-state index contributed by atoms with van der Waals surface area (Å²) < 4.78 is 7.09. The predicted octanol–water partition coefficient (Wildman–Crippen LogP) is 5.41. The molecule has 0 aliphatic heterocycles. The van der Waals surface area contributed by atoms with Gasteiger partial charge in [0.25, 0.3) is 11.8 Å². The Morgan fingerprint density at radius 3 is 2.66 bits per heavy atom. The number of fused-ring (bicyclic) bond motifs is 1. The summed E-state index contributed by atoms with van der Waals surface area (Å²) in [6, 6.07) is 21.5. The molecule has 0 bridgehead atoms. The number of oxazole rings is 1. The van der Waals surface area contributed by atoms with Gasteiger partial charge < -0.3 is 19.0 Å². The number of thiophene rings is 1. The molecule has 0 aliphatic carbocycles. The second kappa shape index (κ2) is 11.2. The zero-order valence-electron chi connectivity index (χ0n) is 21.8. The fourth-order valence-corrected chi connectivity index (χ4v) is 5.30. The molecule has 4 aromatic heterocycles. The van der Waals surface area contributed by atoms with Crippen molar-refractivity contribution in [2.24, 2.45) is 0 Å². The van der Waals surface area contributed by atoms with Crippen molar-refractivity contribution in [2.75, 3.05) is 17.3 Å². The van der Waals surface area contributed by atoms with Crippen LogP contribution in [0, 0.1) is 0 Å². The molecule has 41 heavy (non-hydrogen) atoms. The number of nitrogens with zero attached hydrogens (tertiary/aromatic N) is 5. The number of aliphatic hydroxyl groups excluding tert-OH is 1. The van der Waals surface area contributed by atoms with E-state index in [0.29, 0.717) is 38.5 Å². The van der Waals surface area contributed by atoms with Gasteiger partial charge in [0, 0.05) is 36.3 Å². The van der Waals surface area contributed by atoms with Crippen LogP contribution in [0.4, 0.5) is 11.6 Å². The zero-order chi connectivity index (χ0) is 28.3. The third kappa shape index (κ3) is 5.36. The molecule has 1 unspecified atom stereocenters. The monoisotopic (exact) mass is 564 g/mol. The number of benzene rings is 2. The molecule has 204 valence electrons. The molecule has 0 fully saturated rings. The average molecular weight is 565 g/mol. The van der Waals surface area contributed by atoms with Crippen LogP contribution in [-0.2, 0) is 6.54 Å². The molecule has 1 atom stereocenters. The number of carbonyl (C=O) groups is 2. The minimum atomic E-state index is -0.904. The van der Waals surface area contributed by atoms with E-state index in [0.717, 1.165) is 4.88 Å². The quantitative estimate of drug-likeness (QED) is 0.253. The minimum absolute atomic E-state index is 0.115. The lowest BCUT2D eigenvalue weighted by Gasteiger charge is -2.18. The standard InChI is InChI=1S/C30H24N6O4S/c1-35(29(39)19-6-3-2-4-7-19)21-9-10-23-22(14-21)33-30(36(23)17-24(37)20-8-5-13-31-15-20)34-28(38)27-12-11-26(41-27)25-16-32-18-40-25/h2-16,18,24,37H,17H2,1H3,(H,33,34,38). The van der Waals surface area contributed by atoms with Gasteiger partial charge in [-0.3, -0.25) is 19.9 Å². The van der Waals surface area contributed by atoms with Crippen LogP contribution >= 0.6 is 11.3 Å². The van der Waals surface area contributed by atoms with Crippen molar-refractivity contribution in [3.05, 3.63) is 114 Å². The molecule has 10 nitrogen and oxygen atoms in total. The number of aliphatic hydroxyl groups is 1. The van der Waals surface area contributed by atoms with E-state index in [4.69, 9.17) is 9.40 Å². The number of imidazole rings is 1. The highest BCUT2D eigenvalue weighted by Crippen LogP contribution is 2.30. The van der Waals surface area contributed by atoms with Crippen LogP contribution in [-0.4, -0.2) is 43.5 Å². The first-order valence-corrected chi connectivity index (χ1v) is 13.5. The van der Waals surface area contributed by atoms with Crippen LogP contribution in [0.15, 0.2) is 102 Å². The summed E-state index contributed by atoms with van der Waals surface area (Å²) in [6.07, 6.45) is 5.25. The van der Waals surface area contributed by atoms with Gasteiger partial charge >= 0.3 is 0 Å². The van der Waals surface area contributed by atoms with E-state index in [1.54, 1.807) is 77.6 Å². The van der Waals surface area contributed by atoms with E-state index >= 15 is 0 Å². The maximum absolute atomic E-state index is 13.3. The van der Waals surface area contributed by atoms with Crippen molar-refractivity contribution in [1.29, 1.82) is 0 Å². The maximum atomic E-state index is 13.3. The second-order valence-electron chi connectivity index (χ2n) is 9.24. The lowest BCUT2D eigenvalue weighted by Crippen LogP contribution is -2.26. The first kappa shape index (κ1) is 26.1. The fourth-order valence-electron chi connectivity index (χ4n) is 4.44. The number of amides is 2. The van der Waals surface area contributed by atoms with Gasteiger partial charge in [-0.2, -0.15) is 0 Å². The van der Waals surface area contributed by atoms with Crippen LogP contribution in [0.1, 0.15) is 31.7 Å². The molecule has 0 spiro atoms. The summed E-state index contributed by atoms with van der Waals surface area (Å²) in [6.45, 7) is 0.115. The molecule has 2 N–H and O–H groups in total. The lowest BCUT2D eigenvalue weighted by molar-refractivity contribution is 0.0991. The van der Waals surface area contributed by atoms with E-state index in [-0.39, 0.29) is 24.3 Å². The highest BCUT2D eigenvalue weighted by molar-refractivity contribution is 7.17. The predicted molar refractivity (Wildman–Crippen MR) is 156 cm³/mol. The van der Waals surface area contributed by atoms with Crippen LogP contribution in [0.2, 0.25) is 0 Å². The number of hydrogen-bond acceptors (Lipinski definition) is 8. The SMILES string of the molecule is CN(C(=O)c1ccccc1)c1ccc2c(c1)nc(NC(=O)c1ccc(-c3cnco3)s1)n2CC(O)c1cccnc1. The lowest BCUT2D eigenvalue weighted by atomic mass is 10.1. The van der Waals surface area contributed by atoms with Gasteiger partial charge in [-0.15, -0.1) is 11.3 Å². The Kier molecular flexibility index (Phi) is 7.11. The maximum Gasteiger partial charge on any atom is 0.268 e. The molecule has 2 amide bonds. The Labute approximate surface area is 238 Å². The van der Waals surface area contributed by atoms with Gasteiger partial charge in [0.15, 0.2) is 12.2 Å². The Balaban J connectivity index is 1.34. The largest absolute Gasteiger partial charge is 0.443 e. The first-order valence-electron chi connectivity index (χ1n) is 12.7. The van der Waals surface area contributed by atoms with Crippen LogP contribution < -0.4 is 10.2 Å². The summed E-state index contributed by atoms with van der Waals surface area (Å²) in [5, 5.41) is 13.9. The fraction of sp³-hybridized carbons (Fsp3) is 0.100. The van der Waals surface area contributed by atoms with Crippen molar-refractivity contribution in [3.8, 4) is 10.6 Å². The molecular formula is C30H24N6O4S. The van der Waals surface area contributed by atoms with E-state index in [1.165, 1.54) is 17.7 Å². The molecule has 6 aromatic rings. The number of carbonyl (C=O) groups excluding carboxylic acids is 2. The average Bonchev–Trinajstić information content (AvgIpc) is 3.78. The number of aromatic nitrogens is 4. The second-order valence-corrected chi connectivity index (χ2v) is 10.3. The highest BCUT2D eigenvalue weighted by atomic mass is 32.1. The Morgan fingerprint density at radius 1 is 1.05 bits per heavy atom. The number of anilines is 2. The summed E-state index contributed by atoms with van der Waals surface area (Å²) >= 11 is 1.26. The number of hydrogen-bond donors (Lipinski definition) is 2. The van der Waals surface area contributed by atoms with Crippen molar-refractivity contribution < 1.29 is 19.1 Å². The molecule has 4 heterocycles. The number of nitrogens with one attached hydrogen (secondary N) is 1. The Bertz CT molecular complexity index is 1820. The van der Waals surface area contributed by atoms with Crippen molar-refractivity contribution in [1.82, 2.24) is 19.5 Å². The Hall–Kier alpha value is -5.13. The zero-order valence-corrected chi connectivity index (χ0v) is 22.7. The van der Waals surface area contributed by atoms with Gasteiger partial charge in [-0.1, -0.05) is 24.3 Å². The minimum Gasteiger partial charge on any atom is -0.443 e. The van der Waals surface area contributed by atoms with E-state index in [1.807, 2.05) is 30.3 Å². The van der Waals surface area contributed by atoms with Crippen molar-refractivity contribution >= 4 is 45.8 Å². The molecule has 0 saturated heterocycles. The topological polar surface area (TPSA) is 126 Å². The van der Waals surface area contributed by atoms with Crippen molar-refractivity contribution in [3.63, 3.8) is 0 Å². The molecular weight excluding hydrogens is 540 g/mol. The molecule has 0 aliphatic rings. The highest BCUT2D eigenvalue weighted by Gasteiger charge is 2.21. The van der Waals surface area contributed by atoms with Gasteiger partial charge in [0.1, 0.15) is 0 Å². The van der Waals surface area contributed by atoms with Crippen LogP contribution in [0.25, 0.3) is 21.7 Å². The third-order valence-electron chi connectivity index (χ3n) is 6.60.